The molecule has 174 valence electrons. The molecule has 0 bridgehead atoms. The highest BCUT2D eigenvalue weighted by molar-refractivity contribution is 7.99. The van der Waals surface area contributed by atoms with Crippen molar-refractivity contribution >= 4 is 29.1 Å². The lowest BCUT2D eigenvalue weighted by molar-refractivity contribution is -0.384. The molecule has 1 unspecified atom stereocenters. The van der Waals surface area contributed by atoms with Crippen LogP contribution >= 0.6 is 11.8 Å². The number of H-pyrrole nitrogens is 1. The Morgan fingerprint density at radius 3 is 2.55 bits per heavy atom. The van der Waals surface area contributed by atoms with Crippen LogP contribution in [0, 0.1) is 21.4 Å². The molecule has 2 aliphatic rings. The summed E-state index contributed by atoms with van der Waals surface area (Å²) >= 11 is 1.50. The number of nitro benzene ring substituents is 1. The minimum absolute atomic E-state index is 0.0162. The number of carbonyl (C=O) groups is 1. The normalized spacial score (nSPS) is 19.2. The predicted molar refractivity (Wildman–Crippen MR) is 129 cm³/mol. The third-order valence-corrected chi connectivity index (χ3v) is 6.98. The second-order valence-electron chi connectivity index (χ2n) is 9.90. The van der Waals surface area contributed by atoms with Crippen LogP contribution in [-0.4, -0.2) is 26.4 Å². The summed E-state index contributed by atoms with van der Waals surface area (Å²) in [6.07, 6.45) is 2.03. The van der Waals surface area contributed by atoms with Gasteiger partial charge in [0.15, 0.2) is 10.9 Å². The van der Waals surface area contributed by atoms with Crippen LogP contribution < -0.4 is 10.9 Å². The van der Waals surface area contributed by atoms with Crippen molar-refractivity contribution in [2.75, 3.05) is 11.1 Å². The van der Waals surface area contributed by atoms with E-state index >= 15 is 0 Å². The van der Waals surface area contributed by atoms with E-state index in [0.717, 1.165) is 17.9 Å². The second-order valence-corrected chi connectivity index (χ2v) is 11.0. The van der Waals surface area contributed by atoms with Crippen molar-refractivity contribution in [3.05, 3.63) is 67.1 Å². The monoisotopic (exact) mass is 468 g/mol. The topological polar surface area (TPSA) is 118 Å². The zero-order chi connectivity index (χ0) is 23.9. The molecule has 1 aliphatic carbocycles. The van der Waals surface area contributed by atoms with Gasteiger partial charge in [-0.1, -0.05) is 51.6 Å². The van der Waals surface area contributed by atoms with Crippen molar-refractivity contribution in [2.45, 2.75) is 58.0 Å². The molecule has 2 heterocycles. The summed E-state index contributed by atoms with van der Waals surface area (Å²) in [7, 11) is 0. The Balaban J connectivity index is 1.82. The van der Waals surface area contributed by atoms with E-state index in [-0.39, 0.29) is 22.4 Å². The van der Waals surface area contributed by atoms with Gasteiger partial charge in [0.05, 0.1) is 10.5 Å². The molecule has 2 aromatic rings. The lowest BCUT2D eigenvalue weighted by Gasteiger charge is -2.38. The number of nitrogens with zero attached hydrogens (tertiary/aromatic N) is 2. The van der Waals surface area contributed by atoms with Gasteiger partial charge in [-0.05, 0) is 29.7 Å². The Kier molecular flexibility index (Phi) is 6.18. The van der Waals surface area contributed by atoms with E-state index in [0.29, 0.717) is 46.4 Å². The van der Waals surface area contributed by atoms with E-state index in [1.54, 1.807) is 12.1 Å². The van der Waals surface area contributed by atoms with Gasteiger partial charge in [0.2, 0.25) is 0 Å². The van der Waals surface area contributed by atoms with E-state index in [9.17, 15) is 19.7 Å². The number of fused-ring (bicyclic) bond motifs is 1. The van der Waals surface area contributed by atoms with Crippen LogP contribution in [0.4, 0.5) is 11.5 Å². The van der Waals surface area contributed by atoms with Crippen LogP contribution in [0.5, 0.6) is 0 Å². The number of aromatic nitrogens is 2. The first-order valence-electron chi connectivity index (χ1n) is 11.1. The van der Waals surface area contributed by atoms with Crippen molar-refractivity contribution in [2.24, 2.45) is 11.3 Å². The molecule has 0 saturated heterocycles. The lowest BCUT2D eigenvalue weighted by atomic mass is 9.69. The number of allylic oxidation sites excluding steroid dienone is 2. The smallest absolute Gasteiger partial charge is 0.269 e. The third-order valence-electron chi connectivity index (χ3n) is 6.07. The molecule has 4 rings (SSSR count). The average molecular weight is 469 g/mol. The summed E-state index contributed by atoms with van der Waals surface area (Å²) < 4.78 is 0. The Morgan fingerprint density at radius 2 is 1.91 bits per heavy atom. The molecule has 1 atom stereocenters. The highest BCUT2D eigenvalue weighted by atomic mass is 32.2. The van der Waals surface area contributed by atoms with Crippen LogP contribution in [0.3, 0.4) is 0 Å². The number of hydrogen-bond acceptors (Lipinski definition) is 7. The number of benzene rings is 1. The van der Waals surface area contributed by atoms with Gasteiger partial charge >= 0.3 is 0 Å². The number of thioether (sulfide) groups is 1. The lowest BCUT2D eigenvalue weighted by Crippen LogP contribution is -2.37. The summed E-state index contributed by atoms with van der Waals surface area (Å²) in [5.41, 5.74) is 1.83. The molecule has 8 nitrogen and oxygen atoms in total. The molecule has 0 fully saturated rings. The minimum Gasteiger partial charge on any atom is -0.343 e. The number of non-ortho nitro benzene ring substituents is 1. The Bertz CT molecular complexity index is 1200. The standard InChI is InChI=1S/C24H28N4O4S/c1-13(2)9-10-33-23-26-21-20(22(30)27-23)18(14-5-7-15(8-6-14)28(31)32)19-16(25-21)11-24(3,4)12-17(19)29/h5-8,13,18H,9-12H2,1-4H3,(H2,25,26,27,30). The van der Waals surface area contributed by atoms with Gasteiger partial charge in [-0.15, -0.1) is 0 Å². The molecular formula is C24H28N4O4S. The molecule has 2 N–H and O–H groups in total. The number of nitrogens with one attached hydrogen (secondary N) is 2. The van der Waals surface area contributed by atoms with E-state index < -0.39 is 10.8 Å². The molecule has 0 spiro atoms. The van der Waals surface area contributed by atoms with Crippen molar-refractivity contribution in [1.82, 2.24) is 9.97 Å². The molecule has 1 aromatic heterocycles. The van der Waals surface area contributed by atoms with Gasteiger partial charge in [-0.3, -0.25) is 19.7 Å². The zero-order valence-corrected chi connectivity index (χ0v) is 20.0. The fourth-order valence-corrected chi connectivity index (χ4v) is 5.58. The maximum atomic E-state index is 13.3. The molecule has 0 radical (unpaired) electrons. The molecule has 33 heavy (non-hydrogen) atoms. The predicted octanol–water partition coefficient (Wildman–Crippen LogP) is 5.02. The van der Waals surface area contributed by atoms with Crippen molar-refractivity contribution in [3.63, 3.8) is 0 Å². The van der Waals surface area contributed by atoms with E-state index in [1.807, 2.05) is 13.8 Å². The van der Waals surface area contributed by atoms with Crippen LogP contribution in [0.1, 0.15) is 64.0 Å². The zero-order valence-electron chi connectivity index (χ0n) is 19.2. The first kappa shape index (κ1) is 23.2. The maximum Gasteiger partial charge on any atom is 0.269 e. The number of nitro groups is 1. The van der Waals surface area contributed by atoms with Crippen LogP contribution in [-0.2, 0) is 4.79 Å². The number of rotatable bonds is 6. The highest BCUT2D eigenvalue weighted by Crippen LogP contribution is 2.47. The number of anilines is 1. The van der Waals surface area contributed by atoms with Gasteiger partial charge in [-0.2, -0.15) is 0 Å². The Hall–Kier alpha value is -2.94. The fourth-order valence-electron chi connectivity index (χ4n) is 4.47. The van der Waals surface area contributed by atoms with Gasteiger partial charge in [0.1, 0.15) is 5.82 Å². The van der Waals surface area contributed by atoms with E-state index in [2.05, 4.69) is 24.1 Å². The number of Topliss-reactive ketones (excluding diaryl/α,β-unsaturated/α-hetero) is 1. The van der Waals surface area contributed by atoms with Crippen LogP contribution in [0.25, 0.3) is 0 Å². The van der Waals surface area contributed by atoms with Crippen molar-refractivity contribution in [1.29, 1.82) is 0 Å². The minimum atomic E-state index is -0.619. The van der Waals surface area contributed by atoms with Gasteiger partial charge in [0.25, 0.3) is 11.2 Å². The molecular weight excluding hydrogens is 440 g/mol. The summed E-state index contributed by atoms with van der Waals surface area (Å²) in [5, 5.41) is 15.0. The van der Waals surface area contributed by atoms with Crippen molar-refractivity contribution < 1.29 is 9.72 Å². The first-order valence-corrected chi connectivity index (χ1v) is 12.1. The maximum absolute atomic E-state index is 13.3. The van der Waals surface area contributed by atoms with Gasteiger partial charge < -0.3 is 10.3 Å². The summed E-state index contributed by atoms with van der Waals surface area (Å²) in [6.45, 7) is 8.39. The number of hydrogen-bond donors (Lipinski definition) is 2. The van der Waals surface area contributed by atoms with Crippen molar-refractivity contribution in [3.8, 4) is 0 Å². The van der Waals surface area contributed by atoms with Gasteiger partial charge in [-0.25, -0.2) is 4.98 Å². The summed E-state index contributed by atoms with van der Waals surface area (Å²) in [6, 6.07) is 6.07. The number of carbonyl (C=O) groups excluding carboxylic acids is 1. The Morgan fingerprint density at radius 1 is 1.21 bits per heavy atom. The largest absolute Gasteiger partial charge is 0.343 e. The fraction of sp³-hybridized carbons (Fsp3) is 0.458. The van der Waals surface area contributed by atoms with Gasteiger partial charge in [0, 0.05) is 41.5 Å². The van der Waals surface area contributed by atoms with E-state index in [4.69, 9.17) is 4.98 Å². The van der Waals surface area contributed by atoms with E-state index in [1.165, 1.54) is 23.9 Å². The summed E-state index contributed by atoms with van der Waals surface area (Å²) in [4.78, 5) is 44.7. The molecule has 0 saturated carbocycles. The SMILES string of the molecule is CC(C)CCSc1nc2c(c(=O)[nH]1)C(c1ccc([N+](=O)[O-])cc1)C1=C(CC(C)(C)CC1=O)N2. The molecule has 9 heteroatoms. The van der Waals surface area contributed by atoms with Crippen LogP contribution in [0.15, 0.2) is 45.5 Å². The number of ketones is 1. The molecule has 1 aliphatic heterocycles. The third kappa shape index (κ3) is 4.73. The average Bonchev–Trinajstić information content (AvgIpc) is 2.71. The quantitative estimate of drug-likeness (QED) is 0.264. The molecule has 0 amide bonds. The van der Waals surface area contributed by atoms with Crippen LogP contribution in [0.2, 0.25) is 0 Å². The Labute approximate surface area is 196 Å². The highest BCUT2D eigenvalue weighted by Gasteiger charge is 2.42. The number of aromatic amines is 1. The first-order chi connectivity index (χ1) is 15.6. The summed E-state index contributed by atoms with van der Waals surface area (Å²) in [5.74, 6) is 1.21. The second kappa shape index (κ2) is 8.78. The molecule has 1 aromatic carbocycles.